The lowest BCUT2D eigenvalue weighted by Crippen LogP contribution is -2.36. The van der Waals surface area contributed by atoms with Gasteiger partial charge in [-0.25, -0.2) is 0 Å². The number of aliphatic hydroxyl groups is 1. The first-order valence-corrected chi connectivity index (χ1v) is 6.87. The van der Waals surface area contributed by atoms with Crippen molar-refractivity contribution in [3.05, 3.63) is 39.9 Å². The van der Waals surface area contributed by atoms with Crippen molar-refractivity contribution in [1.29, 1.82) is 0 Å². The predicted molar refractivity (Wildman–Crippen MR) is 74.4 cm³/mol. The maximum absolute atomic E-state index is 10.6. The van der Waals surface area contributed by atoms with Gasteiger partial charge in [-0.15, -0.1) is 0 Å². The lowest BCUT2D eigenvalue weighted by Gasteiger charge is -2.31. The average Bonchev–Trinajstić information content (AvgIpc) is 2.47. The van der Waals surface area contributed by atoms with E-state index < -0.39 is 0 Å². The molecule has 0 unspecified atom stereocenters. The monoisotopic (exact) mass is 280 g/mol. The smallest absolute Gasteiger partial charge is 0.269 e. The largest absolute Gasteiger partial charge is 0.394 e. The molecule has 0 aliphatic carbocycles. The first-order chi connectivity index (χ1) is 9.69. The zero-order chi connectivity index (χ0) is 14.4. The summed E-state index contributed by atoms with van der Waals surface area (Å²) in [6.45, 7) is 3.20. The molecule has 6 nitrogen and oxygen atoms in total. The number of hydrogen-bond acceptors (Lipinski definition) is 5. The Balaban J connectivity index is 1.79. The number of piperidine rings is 1. The molecule has 1 aliphatic heterocycles. The molecule has 1 saturated heterocycles. The number of aliphatic hydroxyl groups excluding tert-OH is 1. The van der Waals surface area contributed by atoms with Gasteiger partial charge in [-0.1, -0.05) is 12.1 Å². The van der Waals surface area contributed by atoms with E-state index in [4.69, 9.17) is 9.84 Å². The lowest BCUT2D eigenvalue weighted by molar-refractivity contribution is -0.384. The zero-order valence-corrected chi connectivity index (χ0v) is 11.4. The highest BCUT2D eigenvalue weighted by Crippen LogP contribution is 2.18. The molecule has 1 heterocycles. The highest BCUT2D eigenvalue weighted by Gasteiger charge is 2.19. The summed E-state index contributed by atoms with van der Waals surface area (Å²) < 4.78 is 5.52. The number of likely N-dealkylation sites (tertiary alicyclic amines) is 1. The molecule has 0 radical (unpaired) electrons. The van der Waals surface area contributed by atoms with E-state index in [0.29, 0.717) is 6.61 Å². The van der Waals surface area contributed by atoms with Crippen LogP contribution < -0.4 is 0 Å². The molecular weight excluding hydrogens is 260 g/mol. The summed E-state index contributed by atoms with van der Waals surface area (Å²) in [6.07, 6.45) is 2.18. The normalized spacial score (nSPS) is 17.2. The third-order valence-corrected chi connectivity index (χ3v) is 3.53. The molecule has 1 aromatic carbocycles. The molecule has 1 aliphatic rings. The molecule has 2 rings (SSSR count). The molecule has 1 fully saturated rings. The fourth-order valence-electron chi connectivity index (χ4n) is 2.43. The molecule has 0 atom stereocenters. The van der Waals surface area contributed by atoms with Crippen molar-refractivity contribution in [1.82, 2.24) is 4.90 Å². The van der Waals surface area contributed by atoms with E-state index >= 15 is 0 Å². The van der Waals surface area contributed by atoms with Crippen LogP contribution in [0.4, 0.5) is 5.69 Å². The highest BCUT2D eigenvalue weighted by atomic mass is 16.6. The van der Waals surface area contributed by atoms with E-state index in [2.05, 4.69) is 4.90 Å². The summed E-state index contributed by atoms with van der Waals surface area (Å²) in [6, 6.07) is 6.72. The zero-order valence-electron chi connectivity index (χ0n) is 11.4. The quantitative estimate of drug-likeness (QED) is 0.632. The first-order valence-electron chi connectivity index (χ1n) is 6.87. The number of nitrogens with zero attached hydrogens (tertiary/aromatic N) is 2. The molecule has 6 heteroatoms. The summed E-state index contributed by atoms with van der Waals surface area (Å²) in [7, 11) is 0. The van der Waals surface area contributed by atoms with Crippen LogP contribution in [0, 0.1) is 10.1 Å². The Labute approximate surface area is 118 Å². The summed E-state index contributed by atoms with van der Waals surface area (Å²) >= 11 is 0. The van der Waals surface area contributed by atoms with E-state index in [-0.39, 0.29) is 23.3 Å². The summed E-state index contributed by atoms with van der Waals surface area (Å²) in [4.78, 5) is 12.5. The number of benzene rings is 1. The van der Waals surface area contributed by atoms with Gasteiger partial charge in [0, 0.05) is 31.8 Å². The van der Waals surface area contributed by atoms with Gasteiger partial charge in [-0.05, 0) is 18.4 Å². The van der Waals surface area contributed by atoms with E-state index in [1.54, 1.807) is 12.1 Å². The predicted octanol–water partition coefficient (Wildman–Crippen LogP) is 1.57. The van der Waals surface area contributed by atoms with Crippen molar-refractivity contribution < 1.29 is 14.8 Å². The van der Waals surface area contributed by atoms with E-state index in [9.17, 15) is 10.1 Å². The van der Waals surface area contributed by atoms with Crippen LogP contribution in [0.3, 0.4) is 0 Å². The summed E-state index contributed by atoms with van der Waals surface area (Å²) in [5, 5.41) is 19.3. The van der Waals surface area contributed by atoms with E-state index in [1.807, 2.05) is 12.1 Å². The number of hydrogen-bond donors (Lipinski definition) is 1. The third kappa shape index (κ3) is 4.26. The Morgan fingerprint density at radius 2 is 1.95 bits per heavy atom. The molecule has 0 amide bonds. The van der Waals surface area contributed by atoms with Gasteiger partial charge in [0.2, 0.25) is 0 Å². The molecule has 1 aromatic rings. The number of nitro groups is 1. The van der Waals surface area contributed by atoms with Crippen LogP contribution in [0.5, 0.6) is 0 Å². The SMILES string of the molecule is O=[N+]([O-])c1ccc(CN2CCC(OCCO)CC2)cc1. The van der Waals surface area contributed by atoms with Crippen molar-refractivity contribution in [3.8, 4) is 0 Å². The van der Waals surface area contributed by atoms with Crippen LogP contribution in [0.2, 0.25) is 0 Å². The van der Waals surface area contributed by atoms with Crippen LogP contribution in [-0.4, -0.2) is 47.3 Å². The average molecular weight is 280 g/mol. The second-order valence-electron chi connectivity index (χ2n) is 4.99. The maximum atomic E-state index is 10.6. The van der Waals surface area contributed by atoms with Gasteiger partial charge < -0.3 is 9.84 Å². The Morgan fingerprint density at radius 3 is 2.50 bits per heavy atom. The van der Waals surface area contributed by atoms with Crippen LogP contribution in [0.15, 0.2) is 24.3 Å². The Kier molecular flexibility index (Phi) is 5.46. The molecule has 110 valence electrons. The molecule has 0 saturated carbocycles. The van der Waals surface area contributed by atoms with Gasteiger partial charge in [0.15, 0.2) is 0 Å². The number of nitro benzene ring substituents is 1. The molecule has 1 N–H and O–H groups in total. The van der Waals surface area contributed by atoms with Gasteiger partial charge >= 0.3 is 0 Å². The Morgan fingerprint density at radius 1 is 1.30 bits per heavy atom. The van der Waals surface area contributed by atoms with Crippen molar-refractivity contribution >= 4 is 5.69 Å². The first kappa shape index (κ1) is 14.9. The highest BCUT2D eigenvalue weighted by molar-refractivity contribution is 5.32. The standard InChI is InChI=1S/C14H20N2O4/c17-9-10-20-14-5-7-15(8-6-14)11-12-1-3-13(4-2-12)16(18)19/h1-4,14,17H,5-11H2. The van der Waals surface area contributed by atoms with Crippen molar-refractivity contribution in [2.24, 2.45) is 0 Å². The number of non-ortho nitro benzene ring substituents is 1. The number of rotatable bonds is 6. The van der Waals surface area contributed by atoms with Gasteiger partial charge in [-0.3, -0.25) is 15.0 Å². The molecule has 0 aromatic heterocycles. The Bertz CT molecular complexity index is 427. The summed E-state index contributed by atoms with van der Waals surface area (Å²) in [5.41, 5.74) is 1.22. The van der Waals surface area contributed by atoms with Crippen LogP contribution in [0.25, 0.3) is 0 Å². The van der Waals surface area contributed by atoms with Crippen molar-refractivity contribution in [2.45, 2.75) is 25.5 Å². The molecular formula is C14H20N2O4. The van der Waals surface area contributed by atoms with Gasteiger partial charge in [-0.2, -0.15) is 0 Å². The second-order valence-corrected chi connectivity index (χ2v) is 4.99. The van der Waals surface area contributed by atoms with Crippen molar-refractivity contribution in [2.75, 3.05) is 26.3 Å². The minimum absolute atomic E-state index is 0.0724. The minimum atomic E-state index is -0.381. The number of ether oxygens (including phenoxy) is 1. The molecule has 0 bridgehead atoms. The van der Waals surface area contributed by atoms with E-state index in [1.165, 1.54) is 0 Å². The van der Waals surface area contributed by atoms with Crippen LogP contribution in [-0.2, 0) is 11.3 Å². The molecule has 20 heavy (non-hydrogen) atoms. The lowest BCUT2D eigenvalue weighted by atomic mass is 10.1. The molecule has 0 spiro atoms. The van der Waals surface area contributed by atoms with Crippen molar-refractivity contribution in [3.63, 3.8) is 0 Å². The summed E-state index contributed by atoms with van der Waals surface area (Å²) in [5.74, 6) is 0. The fourth-order valence-corrected chi connectivity index (χ4v) is 2.43. The van der Waals surface area contributed by atoms with Gasteiger partial charge in [0.05, 0.1) is 24.2 Å². The third-order valence-electron chi connectivity index (χ3n) is 3.53. The van der Waals surface area contributed by atoms with E-state index in [0.717, 1.165) is 38.0 Å². The van der Waals surface area contributed by atoms with Gasteiger partial charge in [0.1, 0.15) is 0 Å². The second kappa shape index (κ2) is 7.33. The minimum Gasteiger partial charge on any atom is -0.394 e. The van der Waals surface area contributed by atoms with Crippen LogP contribution >= 0.6 is 0 Å². The van der Waals surface area contributed by atoms with Crippen LogP contribution in [0.1, 0.15) is 18.4 Å². The topological polar surface area (TPSA) is 75.8 Å². The maximum Gasteiger partial charge on any atom is 0.269 e. The Hall–Kier alpha value is -1.50. The van der Waals surface area contributed by atoms with Gasteiger partial charge in [0.25, 0.3) is 5.69 Å². The fraction of sp³-hybridized carbons (Fsp3) is 0.571.